The molecule has 140 valence electrons. The van der Waals surface area contributed by atoms with Crippen LogP contribution in [0.5, 0.6) is 5.75 Å². The van der Waals surface area contributed by atoms with E-state index in [0.29, 0.717) is 27.3 Å². The van der Waals surface area contributed by atoms with Crippen LogP contribution >= 0.6 is 11.3 Å². The third-order valence-electron chi connectivity index (χ3n) is 4.48. The summed E-state index contributed by atoms with van der Waals surface area (Å²) in [5.41, 5.74) is 1.52. The Kier molecular flexibility index (Phi) is 5.19. The summed E-state index contributed by atoms with van der Waals surface area (Å²) in [6, 6.07) is 25.0. The van der Waals surface area contributed by atoms with Crippen molar-refractivity contribution < 1.29 is 14.3 Å². The number of hydrogen-bond acceptors (Lipinski definition) is 5. The lowest BCUT2D eigenvalue weighted by atomic mass is 10.1. The van der Waals surface area contributed by atoms with Gasteiger partial charge in [0.1, 0.15) is 10.6 Å². The van der Waals surface area contributed by atoms with E-state index >= 15 is 0 Å². The third-order valence-corrected chi connectivity index (χ3v) is 5.63. The standard InChI is InChI=1S/C24H15NO3S/c25-14-16-10-12-18(13-11-16)22(27)24-23(19-8-4-5-9-21(19)29-24)28-15-20(26)17-6-2-1-3-7-17/h1-13H,15H2. The fourth-order valence-electron chi connectivity index (χ4n) is 2.99. The van der Waals surface area contributed by atoms with Gasteiger partial charge in [0.15, 0.2) is 12.4 Å². The molecule has 0 aliphatic carbocycles. The average molecular weight is 397 g/mol. The van der Waals surface area contributed by atoms with Gasteiger partial charge in [-0.3, -0.25) is 9.59 Å². The summed E-state index contributed by atoms with van der Waals surface area (Å²) in [7, 11) is 0. The molecule has 0 aliphatic rings. The highest BCUT2D eigenvalue weighted by Crippen LogP contribution is 2.39. The molecule has 0 aliphatic heterocycles. The zero-order chi connectivity index (χ0) is 20.2. The Morgan fingerprint density at radius 3 is 2.28 bits per heavy atom. The highest BCUT2D eigenvalue weighted by atomic mass is 32.1. The molecule has 0 atom stereocenters. The predicted molar refractivity (Wildman–Crippen MR) is 113 cm³/mol. The van der Waals surface area contributed by atoms with E-state index in [4.69, 9.17) is 10.00 Å². The van der Waals surface area contributed by atoms with Gasteiger partial charge in [-0.25, -0.2) is 0 Å². The second-order valence-corrected chi connectivity index (χ2v) is 7.40. The number of rotatable bonds is 6. The molecule has 4 rings (SSSR count). The monoisotopic (exact) mass is 397 g/mol. The minimum atomic E-state index is -0.196. The second kappa shape index (κ2) is 8.09. The van der Waals surface area contributed by atoms with Crippen LogP contribution in [0.1, 0.15) is 31.2 Å². The number of nitrogens with zero attached hydrogens (tertiary/aromatic N) is 1. The Balaban J connectivity index is 1.68. The van der Waals surface area contributed by atoms with Crippen molar-refractivity contribution in [1.29, 1.82) is 5.26 Å². The molecular formula is C24H15NO3S. The fourth-order valence-corrected chi connectivity index (χ4v) is 4.10. The van der Waals surface area contributed by atoms with Gasteiger partial charge in [0.2, 0.25) is 5.78 Å². The zero-order valence-electron chi connectivity index (χ0n) is 15.3. The van der Waals surface area contributed by atoms with Crippen molar-refractivity contribution in [3.8, 4) is 11.8 Å². The molecule has 0 unspecified atom stereocenters. The molecular weight excluding hydrogens is 382 g/mol. The number of carbonyl (C=O) groups excluding carboxylic acids is 2. The second-order valence-electron chi connectivity index (χ2n) is 6.35. The molecule has 1 aromatic heterocycles. The molecule has 0 N–H and O–H groups in total. The van der Waals surface area contributed by atoms with Crippen molar-refractivity contribution in [2.75, 3.05) is 6.61 Å². The summed E-state index contributed by atoms with van der Waals surface area (Å²) in [6.07, 6.45) is 0. The molecule has 0 amide bonds. The summed E-state index contributed by atoms with van der Waals surface area (Å²) in [5.74, 6) is 0.0692. The van der Waals surface area contributed by atoms with Gasteiger partial charge in [-0.05, 0) is 36.4 Å². The van der Waals surface area contributed by atoms with Gasteiger partial charge in [-0.1, -0.05) is 42.5 Å². The molecule has 5 heteroatoms. The minimum Gasteiger partial charge on any atom is -0.483 e. The first-order chi connectivity index (χ1) is 14.2. The van der Waals surface area contributed by atoms with E-state index in [2.05, 4.69) is 0 Å². The smallest absolute Gasteiger partial charge is 0.206 e. The normalized spacial score (nSPS) is 10.4. The molecule has 0 saturated heterocycles. The summed E-state index contributed by atoms with van der Waals surface area (Å²) < 4.78 is 6.79. The summed E-state index contributed by atoms with van der Waals surface area (Å²) in [6.45, 7) is -0.154. The maximum absolute atomic E-state index is 13.1. The molecule has 0 saturated carbocycles. The maximum atomic E-state index is 13.1. The van der Waals surface area contributed by atoms with Crippen LogP contribution in [-0.2, 0) is 0 Å². The van der Waals surface area contributed by atoms with Gasteiger partial charge in [0, 0.05) is 21.2 Å². The minimum absolute atomic E-state index is 0.154. The van der Waals surface area contributed by atoms with Gasteiger partial charge < -0.3 is 4.74 Å². The van der Waals surface area contributed by atoms with Crippen molar-refractivity contribution in [3.63, 3.8) is 0 Å². The zero-order valence-corrected chi connectivity index (χ0v) is 16.1. The van der Waals surface area contributed by atoms with E-state index < -0.39 is 0 Å². The Labute approximate surface area is 171 Å². The molecule has 0 fully saturated rings. The summed E-state index contributed by atoms with van der Waals surface area (Å²) >= 11 is 1.33. The number of ketones is 2. The van der Waals surface area contributed by atoms with Crippen LogP contribution in [0, 0.1) is 11.3 Å². The van der Waals surface area contributed by atoms with E-state index in [9.17, 15) is 9.59 Å². The topological polar surface area (TPSA) is 67.2 Å². The molecule has 0 radical (unpaired) electrons. The van der Waals surface area contributed by atoms with Crippen LogP contribution < -0.4 is 4.74 Å². The lowest BCUT2D eigenvalue weighted by Crippen LogP contribution is -2.12. The summed E-state index contributed by atoms with van der Waals surface area (Å²) in [4.78, 5) is 26.0. The van der Waals surface area contributed by atoms with E-state index in [1.807, 2.05) is 36.4 Å². The molecule has 1 heterocycles. The first-order valence-electron chi connectivity index (χ1n) is 8.95. The van der Waals surface area contributed by atoms with Crippen molar-refractivity contribution in [2.45, 2.75) is 0 Å². The number of carbonyl (C=O) groups is 2. The molecule has 4 aromatic rings. The molecule has 0 spiro atoms. The Bertz CT molecular complexity index is 1230. The van der Waals surface area contributed by atoms with Crippen molar-refractivity contribution >= 4 is 33.0 Å². The Morgan fingerprint density at radius 1 is 0.862 bits per heavy atom. The molecule has 4 nitrogen and oxygen atoms in total. The third kappa shape index (κ3) is 3.79. The van der Waals surface area contributed by atoms with Crippen molar-refractivity contribution in [2.24, 2.45) is 0 Å². The van der Waals surface area contributed by atoms with Crippen LogP contribution in [0.2, 0.25) is 0 Å². The SMILES string of the molecule is N#Cc1ccc(C(=O)c2sc3ccccc3c2OCC(=O)c2ccccc2)cc1. The highest BCUT2D eigenvalue weighted by Gasteiger charge is 2.22. The van der Waals surface area contributed by atoms with E-state index in [1.54, 1.807) is 48.5 Å². The number of benzene rings is 3. The van der Waals surface area contributed by atoms with Crippen LogP contribution in [0.25, 0.3) is 10.1 Å². The van der Waals surface area contributed by atoms with E-state index in [1.165, 1.54) is 11.3 Å². The van der Waals surface area contributed by atoms with E-state index in [-0.39, 0.29) is 18.2 Å². The number of ether oxygens (including phenoxy) is 1. The Hall–Kier alpha value is -3.75. The Morgan fingerprint density at radius 2 is 1.55 bits per heavy atom. The fraction of sp³-hybridized carbons (Fsp3) is 0.0417. The van der Waals surface area contributed by atoms with Crippen LogP contribution in [-0.4, -0.2) is 18.2 Å². The van der Waals surface area contributed by atoms with Crippen LogP contribution in [0.15, 0.2) is 78.9 Å². The lowest BCUT2D eigenvalue weighted by Gasteiger charge is -2.08. The van der Waals surface area contributed by atoms with Gasteiger partial charge in [-0.15, -0.1) is 11.3 Å². The number of fused-ring (bicyclic) bond motifs is 1. The van der Waals surface area contributed by atoms with Crippen LogP contribution in [0.3, 0.4) is 0 Å². The highest BCUT2D eigenvalue weighted by molar-refractivity contribution is 7.21. The predicted octanol–water partition coefficient (Wildman–Crippen LogP) is 5.27. The summed E-state index contributed by atoms with van der Waals surface area (Å²) in [5, 5.41) is 9.76. The first-order valence-corrected chi connectivity index (χ1v) is 9.76. The number of thiophene rings is 1. The van der Waals surface area contributed by atoms with Crippen molar-refractivity contribution in [1.82, 2.24) is 0 Å². The molecule has 29 heavy (non-hydrogen) atoms. The quantitative estimate of drug-likeness (QED) is 0.416. The van der Waals surface area contributed by atoms with Crippen molar-refractivity contribution in [3.05, 3.63) is 100 Å². The molecule has 3 aromatic carbocycles. The van der Waals surface area contributed by atoms with Gasteiger partial charge >= 0.3 is 0 Å². The van der Waals surface area contributed by atoms with E-state index in [0.717, 1.165) is 10.1 Å². The lowest BCUT2D eigenvalue weighted by molar-refractivity contribution is 0.0917. The average Bonchev–Trinajstić information content (AvgIpc) is 3.16. The maximum Gasteiger partial charge on any atom is 0.206 e. The number of nitriles is 1. The largest absolute Gasteiger partial charge is 0.483 e. The van der Waals surface area contributed by atoms with Crippen LogP contribution in [0.4, 0.5) is 0 Å². The molecule has 0 bridgehead atoms. The van der Waals surface area contributed by atoms with Gasteiger partial charge in [0.05, 0.1) is 11.6 Å². The number of Topliss-reactive ketones (excluding diaryl/α,β-unsaturated/α-hetero) is 1. The van der Waals surface area contributed by atoms with Gasteiger partial charge in [-0.2, -0.15) is 5.26 Å². The first kappa shape index (κ1) is 18.6. The van der Waals surface area contributed by atoms with Gasteiger partial charge in [0.25, 0.3) is 0 Å². The number of hydrogen-bond donors (Lipinski definition) is 0.